The van der Waals surface area contributed by atoms with Gasteiger partial charge in [0.25, 0.3) is 0 Å². The molecule has 0 fully saturated rings. The van der Waals surface area contributed by atoms with Gasteiger partial charge in [-0.2, -0.15) is 0 Å². The number of furan rings is 1. The highest BCUT2D eigenvalue weighted by Crippen LogP contribution is 2.35. The van der Waals surface area contributed by atoms with Crippen LogP contribution in [-0.2, 0) is 6.54 Å². The third kappa shape index (κ3) is 2.03. The summed E-state index contributed by atoms with van der Waals surface area (Å²) in [5.74, 6) is 0.794. The summed E-state index contributed by atoms with van der Waals surface area (Å²) in [6.45, 7) is 2.40. The van der Waals surface area contributed by atoms with Gasteiger partial charge >= 0.3 is 0 Å². The molecule has 0 saturated carbocycles. The average Bonchev–Trinajstić information content (AvgIpc) is 2.77. The standard InChI is InChI=1S/C16H14ClNO/c1-10-13-7-12(11-5-3-2-4-6-11)8-14(17)16(13)19-15(10)9-18/h2-8H,9,18H2,1H3. The summed E-state index contributed by atoms with van der Waals surface area (Å²) in [5.41, 5.74) is 9.69. The van der Waals surface area contributed by atoms with Crippen molar-refractivity contribution in [3.05, 3.63) is 58.8 Å². The van der Waals surface area contributed by atoms with E-state index < -0.39 is 0 Å². The average molecular weight is 272 g/mol. The highest BCUT2D eigenvalue weighted by molar-refractivity contribution is 6.35. The molecule has 0 amide bonds. The van der Waals surface area contributed by atoms with Crippen LogP contribution in [0.25, 0.3) is 22.1 Å². The Hall–Kier alpha value is -1.77. The van der Waals surface area contributed by atoms with E-state index in [9.17, 15) is 0 Å². The minimum Gasteiger partial charge on any atom is -0.458 e. The summed E-state index contributed by atoms with van der Waals surface area (Å²) in [5, 5.41) is 1.66. The third-order valence-electron chi connectivity index (χ3n) is 3.38. The second-order valence-electron chi connectivity index (χ2n) is 4.56. The molecule has 19 heavy (non-hydrogen) atoms. The monoisotopic (exact) mass is 271 g/mol. The summed E-state index contributed by atoms with van der Waals surface area (Å²) in [6, 6.07) is 14.2. The number of hydrogen-bond acceptors (Lipinski definition) is 2. The summed E-state index contributed by atoms with van der Waals surface area (Å²) in [6.07, 6.45) is 0. The van der Waals surface area contributed by atoms with Crippen molar-refractivity contribution in [1.82, 2.24) is 0 Å². The Morgan fingerprint density at radius 1 is 1.11 bits per heavy atom. The summed E-state index contributed by atoms with van der Waals surface area (Å²) in [7, 11) is 0. The quantitative estimate of drug-likeness (QED) is 0.744. The van der Waals surface area contributed by atoms with Crippen LogP contribution in [0.1, 0.15) is 11.3 Å². The first kappa shape index (κ1) is 12.3. The van der Waals surface area contributed by atoms with Crippen LogP contribution in [0.15, 0.2) is 46.9 Å². The van der Waals surface area contributed by atoms with Crippen molar-refractivity contribution in [2.24, 2.45) is 5.73 Å². The molecule has 1 aromatic heterocycles. The molecule has 0 atom stereocenters. The first-order valence-electron chi connectivity index (χ1n) is 6.17. The van der Waals surface area contributed by atoms with E-state index in [1.165, 1.54) is 0 Å². The van der Waals surface area contributed by atoms with Crippen LogP contribution >= 0.6 is 11.6 Å². The van der Waals surface area contributed by atoms with Crippen LogP contribution in [0.5, 0.6) is 0 Å². The van der Waals surface area contributed by atoms with Crippen LogP contribution in [-0.4, -0.2) is 0 Å². The van der Waals surface area contributed by atoms with E-state index in [-0.39, 0.29) is 0 Å². The lowest BCUT2D eigenvalue weighted by atomic mass is 10.0. The van der Waals surface area contributed by atoms with Crippen molar-refractivity contribution in [2.45, 2.75) is 13.5 Å². The number of rotatable bonds is 2. The van der Waals surface area contributed by atoms with Crippen LogP contribution in [0.4, 0.5) is 0 Å². The van der Waals surface area contributed by atoms with Crippen LogP contribution in [0.3, 0.4) is 0 Å². The number of halogens is 1. The van der Waals surface area contributed by atoms with Crippen molar-refractivity contribution in [3.63, 3.8) is 0 Å². The van der Waals surface area contributed by atoms with Gasteiger partial charge in [-0.05, 0) is 35.7 Å². The highest BCUT2D eigenvalue weighted by atomic mass is 35.5. The lowest BCUT2D eigenvalue weighted by Gasteiger charge is -2.03. The van der Waals surface area contributed by atoms with Gasteiger partial charge < -0.3 is 10.2 Å². The summed E-state index contributed by atoms with van der Waals surface area (Å²) < 4.78 is 5.71. The molecule has 0 radical (unpaired) electrons. The Morgan fingerprint density at radius 3 is 2.53 bits per heavy atom. The van der Waals surface area contributed by atoms with Gasteiger partial charge in [0.2, 0.25) is 0 Å². The van der Waals surface area contributed by atoms with Crippen molar-refractivity contribution >= 4 is 22.6 Å². The molecule has 2 nitrogen and oxygen atoms in total. The second-order valence-corrected chi connectivity index (χ2v) is 4.96. The van der Waals surface area contributed by atoms with E-state index in [4.69, 9.17) is 21.8 Å². The van der Waals surface area contributed by atoms with E-state index in [1.54, 1.807) is 0 Å². The predicted octanol–water partition coefficient (Wildman–Crippen LogP) is 4.52. The molecule has 0 saturated heterocycles. The Morgan fingerprint density at radius 2 is 1.84 bits per heavy atom. The molecule has 1 heterocycles. The Kier molecular flexibility index (Phi) is 3.05. The van der Waals surface area contributed by atoms with Gasteiger partial charge in [-0.3, -0.25) is 0 Å². The van der Waals surface area contributed by atoms with E-state index in [0.717, 1.165) is 33.4 Å². The van der Waals surface area contributed by atoms with Crippen LogP contribution < -0.4 is 5.73 Å². The van der Waals surface area contributed by atoms with Gasteiger partial charge in [0.1, 0.15) is 5.76 Å². The minimum absolute atomic E-state index is 0.386. The van der Waals surface area contributed by atoms with Crippen molar-refractivity contribution < 1.29 is 4.42 Å². The molecule has 2 aromatic carbocycles. The van der Waals surface area contributed by atoms with Crippen LogP contribution in [0.2, 0.25) is 5.02 Å². The zero-order valence-electron chi connectivity index (χ0n) is 10.6. The molecule has 0 aliphatic rings. The molecule has 0 bridgehead atoms. The lowest BCUT2D eigenvalue weighted by molar-refractivity contribution is 0.549. The van der Waals surface area contributed by atoms with E-state index in [1.807, 2.05) is 31.2 Å². The number of nitrogens with two attached hydrogens (primary N) is 1. The minimum atomic E-state index is 0.386. The van der Waals surface area contributed by atoms with Gasteiger partial charge in [0.05, 0.1) is 11.6 Å². The first-order chi connectivity index (χ1) is 9.20. The third-order valence-corrected chi connectivity index (χ3v) is 3.66. The Bertz CT molecular complexity index is 731. The summed E-state index contributed by atoms with van der Waals surface area (Å²) >= 11 is 6.32. The Balaban J connectivity index is 2.27. The normalized spacial score (nSPS) is 11.1. The highest BCUT2D eigenvalue weighted by Gasteiger charge is 2.13. The van der Waals surface area contributed by atoms with Gasteiger partial charge in [-0.1, -0.05) is 41.9 Å². The van der Waals surface area contributed by atoms with Crippen molar-refractivity contribution in [2.75, 3.05) is 0 Å². The van der Waals surface area contributed by atoms with Gasteiger partial charge in [0, 0.05) is 5.39 Å². The molecule has 0 spiro atoms. The second kappa shape index (κ2) is 4.72. The molecule has 2 N–H and O–H groups in total. The van der Waals surface area contributed by atoms with Crippen LogP contribution in [0, 0.1) is 6.92 Å². The maximum Gasteiger partial charge on any atom is 0.153 e. The smallest absolute Gasteiger partial charge is 0.153 e. The molecule has 0 aliphatic heterocycles. The molecule has 0 aliphatic carbocycles. The molecule has 0 unspecified atom stereocenters. The van der Waals surface area contributed by atoms with Gasteiger partial charge in [0.15, 0.2) is 5.58 Å². The maximum atomic E-state index is 6.32. The predicted molar refractivity (Wildman–Crippen MR) is 79.3 cm³/mol. The fourth-order valence-corrected chi connectivity index (χ4v) is 2.58. The number of fused-ring (bicyclic) bond motifs is 1. The molecule has 3 heteroatoms. The molecular weight excluding hydrogens is 258 g/mol. The van der Waals surface area contributed by atoms with E-state index in [0.29, 0.717) is 11.6 Å². The lowest BCUT2D eigenvalue weighted by Crippen LogP contribution is -1.95. The number of benzene rings is 2. The zero-order valence-corrected chi connectivity index (χ0v) is 11.4. The molecule has 3 rings (SSSR count). The fraction of sp³-hybridized carbons (Fsp3) is 0.125. The summed E-state index contributed by atoms with van der Waals surface area (Å²) in [4.78, 5) is 0. The van der Waals surface area contributed by atoms with Gasteiger partial charge in [-0.15, -0.1) is 0 Å². The zero-order chi connectivity index (χ0) is 13.4. The maximum absolute atomic E-state index is 6.32. The van der Waals surface area contributed by atoms with Crippen molar-refractivity contribution in [1.29, 1.82) is 0 Å². The molecule has 96 valence electrons. The van der Waals surface area contributed by atoms with Crippen molar-refractivity contribution in [3.8, 4) is 11.1 Å². The van der Waals surface area contributed by atoms with E-state index >= 15 is 0 Å². The van der Waals surface area contributed by atoms with E-state index in [2.05, 4.69) is 18.2 Å². The van der Waals surface area contributed by atoms with Gasteiger partial charge in [-0.25, -0.2) is 0 Å². The SMILES string of the molecule is Cc1c(CN)oc2c(Cl)cc(-c3ccccc3)cc12. The topological polar surface area (TPSA) is 39.2 Å². The first-order valence-corrected chi connectivity index (χ1v) is 6.55. The number of aryl methyl sites for hydroxylation is 1. The largest absolute Gasteiger partial charge is 0.458 e. The number of hydrogen-bond donors (Lipinski definition) is 1. The molecule has 3 aromatic rings. The fourth-order valence-electron chi connectivity index (χ4n) is 2.32. The Labute approximate surface area is 116 Å². The molecular formula is C16H14ClNO.